The Morgan fingerprint density at radius 2 is 1.75 bits per heavy atom. The number of hydrogen-bond donors (Lipinski definition) is 2. The third-order valence-electron chi connectivity index (χ3n) is 2.91. The molecular weight excluding hydrogens is 169 g/mol. The van der Waals surface area contributed by atoms with Gasteiger partial charge in [-0.3, -0.25) is 0 Å². The molecule has 0 aromatic heterocycles. The lowest BCUT2D eigenvalue weighted by atomic mass is 9.85. The minimum Gasteiger partial charge on any atom is -0.326 e. The van der Waals surface area contributed by atoms with Crippen LogP contribution in [-0.4, -0.2) is 24.3 Å². The van der Waals surface area contributed by atoms with Crippen molar-refractivity contribution in [2.45, 2.75) is 37.1 Å². The van der Waals surface area contributed by atoms with Crippen molar-refractivity contribution >= 4 is 0 Å². The quantitative estimate of drug-likeness (QED) is 0.573. The molecule has 2 aliphatic rings. The summed E-state index contributed by atoms with van der Waals surface area (Å²) in [4.78, 5) is 0. The third-order valence-corrected chi connectivity index (χ3v) is 2.91. The van der Waals surface area contributed by atoms with Crippen molar-refractivity contribution in [3.63, 3.8) is 0 Å². The van der Waals surface area contributed by atoms with Gasteiger partial charge in [0.15, 0.2) is 0 Å². The van der Waals surface area contributed by atoms with Gasteiger partial charge in [-0.1, -0.05) is 0 Å². The highest BCUT2D eigenvalue weighted by atomic mass is 19.4. The van der Waals surface area contributed by atoms with Gasteiger partial charge in [0.2, 0.25) is 0 Å². The highest BCUT2D eigenvalue weighted by Gasteiger charge is 2.57. The lowest BCUT2D eigenvalue weighted by Crippen LogP contribution is -2.47. The van der Waals surface area contributed by atoms with Gasteiger partial charge in [0.1, 0.15) is 0 Å². The van der Waals surface area contributed by atoms with Crippen LogP contribution in [0, 0.1) is 5.92 Å². The Hall–Kier alpha value is -0.290. The number of halogens is 3. The average molecular weight is 180 g/mol. The van der Waals surface area contributed by atoms with E-state index in [0.717, 1.165) is 6.42 Å². The standard InChI is InChI=1S/C7H11F3N2/c8-7(9,10)5-3-1-2-4(12-3)6(5)11/h3-6,12H,1-2,11H2/t3-,4+,5-,6+/m1/s1. The Kier molecular flexibility index (Phi) is 1.63. The zero-order valence-electron chi connectivity index (χ0n) is 6.43. The van der Waals surface area contributed by atoms with E-state index in [0.29, 0.717) is 6.42 Å². The molecule has 2 rings (SSSR count). The molecule has 2 saturated heterocycles. The number of nitrogens with two attached hydrogens (primary N) is 1. The van der Waals surface area contributed by atoms with Crippen LogP contribution in [0.3, 0.4) is 0 Å². The highest BCUT2D eigenvalue weighted by molar-refractivity contribution is 5.07. The second-order valence-electron chi connectivity index (χ2n) is 3.60. The zero-order chi connectivity index (χ0) is 8.93. The summed E-state index contributed by atoms with van der Waals surface area (Å²) >= 11 is 0. The number of rotatable bonds is 0. The maximum atomic E-state index is 12.3. The molecule has 0 radical (unpaired) electrons. The molecule has 0 amide bonds. The van der Waals surface area contributed by atoms with Gasteiger partial charge in [0.25, 0.3) is 0 Å². The van der Waals surface area contributed by atoms with Gasteiger partial charge in [0, 0.05) is 18.1 Å². The summed E-state index contributed by atoms with van der Waals surface area (Å²) in [5.74, 6) is -1.32. The third kappa shape index (κ3) is 1.03. The Labute approximate surface area is 68.3 Å². The first-order valence-corrected chi connectivity index (χ1v) is 4.08. The van der Waals surface area contributed by atoms with Gasteiger partial charge in [-0.15, -0.1) is 0 Å². The van der Waals surface area contributed by atoms with Crippen LogP contribution in [0.4, 0.5) is 13.2 Å². The predicted molar refractivity (Wildman–Crippen MR) is 37.5 cm³/mol. The van der Waals surface area contributed by atoms with Gasteiger partial charge in [-0.25, -0.2) is 0 Å². The van der Waals surface area contributed by atoms with E-state index in [4.69, 9.17) is 5.73 Å². The molecule has 3 N–H and O–H groups in total. The second-order valence-corrected chi connectivity index (χ2v) is 3.60. The zero-order valence-corrected chi connectivity index (χ0v) is 6.43. The Morgan fingerprint density at radius 3 is 2.08 bits per heavy atom. The molecule has 70 valence electrons. The first-order valence-electron chi connectivity index (χ1n) is 4.08. The van der Waals surface area contributed by atoms with E-state index >= 15 is 0 Å². The summed E-state index contributed by atoms with van der Waals surface area (Å²) in [6.45, 7) is 0. The Bertz CT molecular complexity index is 190. The molecule has 2 aliphatic heterocycles. The predicted octanol–water partition coefficient (Wildman–Crippen LogP) is 0.626. The molecule has 0 unspecified atom stereocenters. The summed E-state index contributed by atoms with van der Waals surface area (Å²) in [6.07, 6.45) is -2.73. The average Bonchev–Trinajstić information content (AvgIpc) is 2.42. The second kappa shape index (κ2) is 2.35. The normalized spacial score (nSPS) is 47.0. The van der Waals surface area contributed by atoms with Crippen molar-refractivity contribution < 1.29 is 13.2 Å². The fourth-order valence-electron chi connectivity index (χ4n) is 2.35. The number of hydrogen-bond acceptors (Lipinski definition) is 2. The largest absolute Gasteiger partial charge is 0.394 e. The van der Waals surface area contributed by atoms with Gasteiger partial charge in [-0.05, 0) is 12.8 Å². The van der Waals surface area contributed by atoms with Crippen LogP contribution in [0.1, 0.15) is 12.8 Å². The van der Waals surface area contributed by atoms with E-state index in [1.165, 1.54) is 0 Å². The van der Waals surface area contributed by atoms with Crippen molar-refractivity contribution in [2.75, 3.05) is 0 Å². The molecule has 2 nitrogen and oxygen atoms in total. The maximum Gasteiger partial charge on any atom is 0.394 e. The van der Waals surface area contributed by atoms with Gasteiger partial charge in [0.05, 0.1) is 5.92 Å². The van der Waals surface area contributed by atoms with E-state index < -0.39 is 24.2 Å². The molecular formula is C7H11F3N2. The SMILES string of the molecule is N[C@@H]1[C@H](C(F)(F)F)[C@H]2CC[C@@H]1N2. The summed E-state index contributed by atoms with van der Waals surface area (Å²) in [5, 5.41) is 2.89. The van der Waals surface area contributed by atoms with Crippen molar-refractivity contribution in [2.24, 2.45) is 11.7 Å². The van der Waals surface area contributed by atoms with Gasteiger partial charge >= 0.3 is 6.18 Å². The molecule has 0 aliphatic carbocycles. The summed E-state index contributed by atoms with van der Waals surface area (Å²) in [7, 11) is 0. The van der Waals surface area contributed by atoms with E-state index in [1.807, 2.05) is 0 Å². The van der Waals surface area contributed by atoms with Crippen LogP contribution >= 0.6 is 0 Å². The van der Waals surface area contributed by atoms with Crippen molar-refractivity contribution in [1.29, 1.82) is 0 Å². The van der Waals surface area contributed by atoms with Crippen LogP contribution < -0.4 is 11.1 Å². The Morgan fingerprint density at radius 1 is 1.17 bits per heavy atom. The minimum atomic E-state index is -4.13. The molecule has 5 heteroatoms. The van der Waals surface area contributed by atoms with Crippen LogP contribution in [-0.2, 0) is 0 Å². The first kappa shape index (κ1) is 8.31. The van der Waals surface area contributed by atoms with Gasteiger partial charge in [-0.2, -0.15) is 13.2 Å². The fraction of sp³-hybridized carbons (Fsp3) is 1.00. The van der Waals surface area contributed by atoms with Crippen LogP contribution in [0.15, 0.2) is 0 Å². The summed E-state index contributed by atoms with van der Waals surface area (Å²) in [5.41, 5.74) is 5.47. The topological polar surface area (TPSA) is 38.0 Å². The number of nitrogens with one attached hydrogen (secondary N) is 1. The fourth-order valence-corrected chi connectivity index (χ4v) is 2.35. The van der Waals surface area contributed by atoms with Crippen LogP contribution in [0.2, 0.25) is 0 Å². The van der Waals surface area contributed by atoms with E-state index in [1.54, 1.807) is 0 Å². The molecule has 0 spiro atoms. The minimum absolute atomic E-state index is 0.110. The van der Waals surface area contributed by atoms with E-state index in [9.17, 15) is 13.2 Å². The lowest BCUT2D eigenvalue weighted by Gasteiger charge is -2.27. The van der Waals surface area contributed by atoms with Crippen molar-refractivity contribution in [3.05, 3.63) is 0 Å². The number of alkyl halides is 3. The lowest BCUT2D eigenvalue weighted by molar-refractivity contribution is -0.182. The Balaban J connectivity index is 2.17. The molecule has 4 atom stereocenters. The van der Waals surface area contributed by atoms with Crippen molar-refractivity contribution in [1.82, 2.24) is 5.32 Å². The molecule has 12 heavy (non-hydrogen) atoms. The van der Waals surface area contributed by atoms with Crippen LogP contribution in [0.25, 0.3) is 0 Å². The monoisotopic (exact) mass is 180 g/mol. The molecule has 0 aromatic carbocycles. The first-order chi connectivity index (χ1) is 5.50. The maximum absolute atomic E-state index is 12.3. The van der Waals surface area contributed by atoms with E-state index in [-0.39, 0.29) is 6.04 Å². The summed E-state index contributed by atoms with van der Waals surface area (Å²) in [6, 6.07) is -1.27. The van der Waals surface area contributed by atoms with Crippen LogP contribution in [0.5, 0.6) is 0 Å². The van der Waals surface area contributed by atoms with Gasteiger partial charge < -0.3 is 11.1 Å². The molecule has 2 heterocycles. The number of fused-ring (bicyclic) bond motifs is 2. The molecule has 0 aromatic rings. The molecule has 2 bridgehead atoms. The molecule has 0 saturated carbocycles. The highest BCUT2D eigenvalue weighted by Crippen LogP contribution is 2.42. The smallest absolute Gasteiger partial charge is 0.326 e. The molecule has 2 fully saturated rings. The summed E-state index contributed by atoms with van der Waals surface area (Å²) < 4.78 is 37.0. The van der Waals surface area contributed by atoms with Crippen molar-refractivity contribution in [3.8, 4) is 0 Å². The van der Waals surface area contributed by atoms with E-state index in [2.05, 4.69) is 5.32 Å².